The van der Waals surface area contributed by atoms with Crippen LogP contribution in [0.4, 0.5) is 0 Å². The van der Waals surface area contributed by atoms with E-state index in [0.717, 1.165) is 11.1 Å². The summed E-state index contributed by atoms with van der Waals surface area (Å²) in [6.45, 7) is 12.5. The summed E-state index contributed by atoms with van der Waals surface area (Å²) in [4.78, 5) is 49.7. The molecule has 2 atom stereocenters. The zero-order valence-corrected chi connectivity index (χ0v) is 25.7. The van der Waals surface area contributed by atoms with Crippen molar-refractivity contribution in [3.63, 3.8) is 0 Å². The molecule has 1 saturated carbocycles. The number of hydrogen-bond donors (Lipinski definition) is 4. The Morgan fingerprint density at radius 2 is 0.905 bits per heavy atom. The number of carboxylic acid groups (broad SMARTS) is 2. The SMILES string of the molecule is CC(C)(C)c1ccc(C(=O)C[C@H](NC2CCC(N[C@H](CC(=O)c3ccc(C(C)(C)C)cc3)C(=O)O)CC2)C(=O)O)cc1. The van der Waals surface area contributed by atoms with Gasteiger partial charge in [0.1, 0.15) is 12.1 Å². The highest BCUT2D eigenvalue weighted by Gasteiger charge is 2.31. The maximum Gasteiger partial charge on any atom is 0.321 e. The third-order valence-corrected chi connectivity index (χ3v) is 8.12. The topological polar surface area (TPSA) is 133 Å². The lowest BCUT2D eigenvalue weighted by atomic mass is 9.86. The Hall–Kier alpha value is -3.36. The lowest BCUT2D eigenvalue weighted by molar-refractivity contribution is -0.140. The zero-order chi connectivity index (χ0) is 31.2. The van der Waals surface area contributed by atoms with Gasteiger partial charge in [-0.05, 0) is 47.6 Å². The molecule has 1 aliphatic carbocycles. The van der Waals surface area contributed by atoms with Crippen molar-refractivity contribution in [3.05, 3.63) is 70.8 Å². The Morgan fingerprint density at radius 1 is 0.619 bits per heavy atom. The first-order valence-corrected chi connectivity index (χ1v) is 14.8. The number of rotatable bonds is 12. The van der Waals surface area contributed by atoms with Crippen LogP contribution in [0.1, 0.15) is 112 Å². The summed E-state index contributed by atoms with van der Waals surface area (Å²) in [5, 5.41) is 25.9. The summed E-state index contributed by atoms with van der Waals surface area (Å²) in [5.41, 5.74) is 3.09. The molecule has 1 aliphatic rings. The number of nitrogens with one attached hydrogen (secondary N) is 2. The number of carbonyl (C=O) groups excluding carboxylic acids is 2. The van der Waals surface area contributed by atoms with Crippen molar-refractivity contribution in [2.45, 2.75) is 115 Å². The van der Waals surface area contributed by atoms with Crippen molar-refractivity contribution >= 4 is 23.5 Å². The first-order valence-electron chi connectivity index (χ1n) is 14.8. The van der Waals surface area contributed by atoms with Gasteiger partial charge in [-0.1, -0.05) is 90.1 Å². The molecule has 2 aromatic rings. The van der Waals surface area contributed by atoms with E-state index in [2.05, 4.69) is 52.2 Å². The fraction of sp³-hybridized carbons (Fsp3) is 0.529. The van der Waals surface area contributed by atoms with E-state index in [-0.39, 0.29) is 47.3 Å². The number of carboxylic acids is 2. The molecule has 0 unspecified atom stereocenters. The van der Waals surface area contributed by atoms with E-state index in [0.29, 0.717) is 36.8 Å². The first-order chi connectivity index (χ1) is 19.5. The number of ketones is 2. The van der Waals surface area contributed by atoms with Crippen molar-refractivity contribution in [2.24, 2.45) is 0 Å². The lowest BCUT2D eigenvalue weighted by Crippen LogP contribution is -2.50. The van der Waals surface area contributed by atoms with Crippen LogP contribution in [0.5, 0.6) is 0 Å². The van der Waals surface area contributed by atoms with E-state index in [9.17, 15) is 29.4 Å². The molecule has 42 heavy (non-hydrogen) atoms. The highest BCUT2D eigenvalue weighted by atomic mass is 16.4. The second-order valence-electron chi connectivity index (χ2n) is 13.6. The van der Waals surface area contributed by atoms with E-state index < -0.39 is 24.0 Å². The van der Waals surface area contributed by atoms with Gasteiger partial charge in [0, 0.05) is 36.1 Å². The third kappa shape index (κ3) is 9.33. The van der Waals surface area contributed by atoms with Crippen LogP contribution in [-0.4, -0.2) is 57.9 Å². The van der Waals surface area contributed by atoms with Gasteiger partial charge in [-0.15, -0.1) is 0 Å². The van der Waals surface area contributed by atoms with Gasteiger partial charge < -0.3 is 20.8 Å². The highest BCUT2D eigenvalue weighted by Crippen LogP contribution is 2.25. The first kappa shape index (κ1) is 33.1. The molecule has 0 saturated heterocycles. The number of benzene rings is 2. The van der Waals surface area contributed by atoms with Gasteiger partial charge >= 0.3 is 11.9 Å². The van der Waals surface area contributed by atoms with Gasteiger partial charge in [-0.2, -0.15) is 0 Å². The Bertz CT molecular complexity index is 1150. The van der Waals surface area contributed by atoms with E-state index in [1.165, 1.54) is 0 Å². The minimum atomic E-state index is -1.07. The molecule has 3 rings (SSSR count). The van der Waals surface area contributed by atoms with E-state index in [1.54, 1.807) is 24.3 Å². The molecule has 0 aliphatic heterocycles. The van der Waals surface area contributed by atoms with Crippen LogP contribution >= 0.6 is 0 Å². The molecular formula is C34H46N2O6. The van der Waals surface area contributed by atoms with Crippen LogP contribution in [-0.2, 0) is 20.4 Å². The van der Waals surface area contributed by atoms with Crippen LogP contribution < -0.4 is 10.6 Å². The summed E-state index contributed by atoms with van der Waals surface area (Å²) in [7, 11) is 0. The number of Topliss-reactive ketones (excluding diaryl/α,β-unsaturated/α-hetero) is 2. The molecule has 0 aromatic heterocycles. The molecule has 0 radical (unpaired) electrons. The molecule has 0 spiro atoms. The van der Waals surface area contributed by atoms with Gasteiger partial charge in [0.25, 0.3) is 0 Å². The van der Waals surface area contributed by atoms with Gasteiger partial charge in [0.2, 0.25) is 0 Å². The van der Waals surface area contributed by atoms with Crippen molar-refractivity contribution in [2.75, 3.05) is 0 Å². The largest absolute Gasteiger partial charge is 0.480 e. The second-order valence-corrected chi connectivity index (χ2v) is 13.6. The quantitative estimate of drug-likeness (QED) is 0.242. The minimum Gasteiger partial charge on any atom is -0.480 e. The molecule has 2 aromatic carbocycles. The fourth-order valence-electron chi connectivity index (χ4n) is 5.35. The van der Waals surface area contributed by atoms with Crippen molar-refractivity contribution in [3.8, 4) is 0 Å². The van der Waals surface area contributed by atoms with Crippen molar-refractivity contribution in [1.29, 1.82) is 0 Å². The predicted octanol–water partition coefficient (Wildman–Crippen LogP) is 5.52. The average molecular weight is 579 g/mol. The summed E-state index contributed by atoms with van der Waals surface area (Å²) in [6.07, 6.45) is 2.22. The van der Waals surface area contributed by atoms with Crippen LogP contribution in [0.25, 0.3) is 0 Å². The van der Waals surface area contributed by atoms with E-state index in [1.807, 2.05) is 24.3 Å². The van der Waals surface area contributed by atoms with E-state index in [4.69, 9.17) is 0 Å². The molecule has 0 bridgehead atoms. The third-order valence-electron chi connectivity index (χ3n) is 8.12. The summed E-state index contributed by atoms with van der Waals surface area (Å²) in [5.74, 6) is -2.61. The van der Waals surface area contributed by atoms with Crippen LogP contribution in [0.3, 0.4) is 0 Å². The van der Waals surface area contributed by atoms with Gasteiger partial charge in [-0.3, -0.25) is 19.2 Å². The Morgan fingerprint density at radius 3 is 1.14 bits per heavy atom. The van der Waals surface area contributed by atoms with E-state index >= 15 is 0 Å². The lowest BCUT2D eigenvalue weighted by Gasteiger charge is -2.33. The standard InChI is InChI=1S/C34H46N2O6/c1-33(2,3)23-11-7-21(8-12-23)29(37)19-27(31(39)40)35-25-15-17-26(18-16-25)36-28(32(41)42)20-30(38)22-9-13-24(14-10-22)34(4,5)6/h7-14,25-28,35-36H,15-20H2,1-6H3,(H,39,40)(H,41,42)/t25?,26?,27-,28+. The van der Waals surface area contributed by atoms with Gasteiger partial charge in [0.05, 0.1) is 0 Å². The maximum absolute atomic E-state index is 12.9. The fourth-order valence-corrected chi connectivity index (χ4v) is 5.35. The van der Waals surface area contributed by atoms with Crippen LogP contribution in [0.15, 0.2) is 48.5 Å². The molecule has 4 N–H and O–H groups in total. The second kappa shape index (κ2) is 13.7. The molecule has 228 valence electrons. The smallest absolute Gasteiger partial charge is 0.321 e. The summed E-state index contributed by atoms with van der Waals surface area (Å²) in [6, 6.07) is 12.4. The maximum atomic E-state index is 12.9. The average Bonchev–Trinajstić information content (AvgIpc) is 2.92. The highest BCUT2D eigenvalue weighted by molar-refractivity contribution is 5.99. The number of aliphatic carboxylic acids is 2. The monoisotopic (exact) mass is 578 g/mol. The van der Waals surface area contributed by atoms with Crippen molar-refractivity contribution < 1.29 is 29.4 Å². The van der Waals surface area contributed by atoms with Gasteiger partial charge in [-0.25, -0.2) is 0 Å². The van der Waals surface area contributed by atoms with Crippen LogP contribution in [0.2, 0.25) is 0 Å². The number of hydrogen-bond acceptors (Lipinski definition) is 6. The number of carbonyl (C=O) groups is 4. The summed E-state index contributed by atoms with van der Waals surface area (Å²) >= 11 is 0. The molecule has 0 amide bonds. The molecule has 1 fully saturated rings. The molecule has 8 nitrogen and oxygen atoms in total. The molecular weight excluding hydrogens is 532 g/mol. The van der Waals surface area contributed by atoms with Gasteiger partial charge in [0.15, 0.2) is 11.6 Å². The Labute approximate surface area is 249 Å². The zero-order valence-electron chi connectivity index (χ0n) is 25.7. The molecule has 0 heterocycles. The Kier molecular flexibility index (Phi) is 10.8. The normalized spacial score (nSPS) is 19.1. The Balaban J connectivity index is 1.52. The summed E-state index contributed by atoms with van der Waals surface area (Å²) < 4.78 is 0. The van der Waals surface area contributed by atoms with Crippen LogP contribution in [0, 0.1) is 0 Å². The predicted molar refractivity (Wildman–Crippen MR) is 163 cm³/mol. The molecule has 8 heteroatoms. The minimum absolute atomic E-state index is 0.0428. The van der Waals surface area contributed by atoms with Crippen molar-refractivity contribution in [1.82, 2.24) is 10.6 Å².